The summed E-state index contributed by atoms with van der Waals surface area (Å²) in [7, 11) is 0. The minimum absolute atomic E-state index is 0.00550. The van der Waals surface area contributed by atoms with Crippen molar-refractivity contribution in [2.24, 2.45) is 11.8 Å². The number of fused-ring (bicyclic) bond motifs is 1. The molecule has 2 N–H and O–H groups in total. The molecule has 0 saturated carbocycles. The van der Waals surface area contributed by atoms with Crippen LogP contribution in [0.2, 0.25) is 0 Å². The largest absolute Gasteiger partial charge is 0.466 e. The van der Waals surface area contributed by atoms with Crippen LogP contribution in [0.15, 0.2) is 18.2 Å². The number of aliphatic hydroxyl groups excluding tert-OH is 1. The predicted molar refractivity (Wildman–Crippen MR) is 108 cm³/mol. The van der Waals surface area contributed by atoms with Gasteiger partial charge in [0.1, 0.15) is 11.6 Å². The molecule has 3 saturated heterocycles. The lowest BCUT2D eigenvalue weighted by molar-refractivity contribution is -0.154. The molecule has 2 bridgehead atoms. The van der Waals surface area contributed by atoms with E-state index in [0.29, 0.717) is 18.5 Å². The first kappa shape index (κ1) is 20.8. The van der Waals surface area contributed by atoms with Gasteiger partial charge in [-0.25, -0.2) is 0 Å². The maximum atomic E-state index is 13.5. The summed E-state index contributed by atoms with van der Waals surface area (Å²) in [6, 6.07) is 4.85. The fourth-order valence-corrected chi connectivity index (χ4v) is 5.38. The number of amides is 2. The number of ether oxygens (including phenoxy) is 2. The van der Waals surface area contributed by atoms with E-state index in [4.69, 9.17) is 9.47 Å². The van der Waals surface area contributed by atoms with E-state index >= 15 is 0 Å². The van der Waals surface area contributed by atoms with Gasteiger partial charge in [-0.2, -0.15) is 0 Å². The fraction of sp³-hybridized carbons (Fsp3) is 0.591. The molecule has 3 heterocycles. The van der Waals surface area contributed by atoms with Crippen molar-refractivity contribution in [1.29, 1.82) is 0 Å². The zero-order valence-corrected chi connectivity index (χ0v) is 17.5. The molecule has 0 aromatic heterocycles. The first-order valence-electron chi connectivity index (χ1n) is 10.5. The molecule has 0 aliphatic carbocycles. The summed E-state index contributed by atoms with van der Waals surface area (Å²) in [6.45, 7) is 5.49. The number of hydrogen-bond donors (Lipinski definition) is 2. The second-order valence-corrected chi connectivity index (χ2v) is 8.37. The van der Waals surface area contributed by atoms with Gasteiger partial charge in [0.25, 0.3) is 0 Å². The molecule has 30 heavy (non-hydrogen) atoms. The number of hydrogen-bond acceptors (Lipinski definition) is 6. The van der Waals surface area contributed by atoms with Gasteiger partial charge in [-0.3, -0.25) is 14.4 Å². The lowest BCUT2D eigenvalue weighted by Gasteiger charge is -2.33. The zero-order valence-electron chi connectivity index (χ0n) is 17.5. The van der Waals surface area contributed by atoms with E-state index in [0.717, 1.165) is 11.1 Å². The lowest BCUT2D eigenvalue weighted by atomic mass is 9.70. The topological polar surface area (TPSA) is 105 Å². The summed E-state index contributed by atoms with van der Waals surface area (Å²) < 4.78 is 11.4. The highest BCUT2D eigenvalue weighted by Crippen LogP contribution is 2.58. The number of nitrogens with zero attached hydrogens (tertiary/aromatic N) is 1. The van der Waals surface area contributed by atoms with Crippen molar-refractivity contribution in [3.05, 3.63) is 29.3 Å². The molecule has 1 aromatic rings. The van der Waals surface area contributed by atoms with Crippen LogP contribution in [-0.2, 0) is 23.9 Å². The van der Waals surface area contributed by atoms with E-state index in [1.165, 1.54) is 4.90 Å². The van der Waals surface area contributed by atoms with Gasteiger partial charge >= 0.3 is 5.97 Å². The molecule has 8 heteroatoms. The normalized spacial score (nSPS) is 31.7. The van der Waals surface area contributed by atoms with Crippen LogP contribution >= 0.6 is 0 Å². The van der Waals surface area contributed by atoms with Gasteiger partial charge in [-0.15, -0.1) is 0 Å². The molecule has 3 aliphatic rings. The van der Waals surface area contributed by atoms with Crippen LogP contribution in [0.1, 0.15) is 30.9 Å². The molecular weight excluding hydrogens is 388 g/mol. The number of likely N-dealkylation sites (tertiary alicyclic amines) is 1. The highest BCUT2D eigenvalue weighted by molar-refractivity contribution is 6.03. The quantitative estimate of drug-likeness (QED) is 0.675. The highest BCUT2D eigenvalue weighted by atomic mass is 16.6. The van der Waals surface area contributed by atoms with Crippen LogP contribution in [0.3, 0.4) is 0 Å². The van der Waals surface area contributed by atoms with Gasteiger partial charge in [0.05, 0.1) is 31.2 Å². The number of anilines is 1. The lowest BCUT2D eigenvalue weighted by Crippen LogP contribution is -2.53. The SMILES string of the molecule is CCOC(=O)[C@@H]1[C@H]2C(=O)N(CCO)C(C(=O)Nc3cc(C)ccc3C)C23CC[C@H]1O3. The third kappa shape index (κ3) is 3.01. The maximum absolute atomic E-state index is 13.5. The van der Waals surface area contributed by atoms with Gasteiger partial charge in [0, 0.05) is 12.2 Å². The molecule has 162 valence electrons. The Morgan fingerprint density at radius 2 is 2.13 bits per heavy atom. The standard InChI is InChI=1S/C22H28N2O6/c1-4-29-21(28)16-15-7-8-22(30-15)17(16)20(27)24(9-10-25)18(22)19(26)23-14-11-12(2)5-6-13(14)3/h5-6,11,15-18,25H,4,7-10H2,1-3H3,(H,23,26)/t15-,16+,17+,18?,22?/m1/s1. The Morgan fingerprint density at radius 1 is 1.37 bits per heavy atom. The monoisotopic (exact) mass is 416 g/mol. The number of aryl methyl sites for hydroxylation is 2. The van der Waals surface area contributed by atoms with Crippen LogP contribution in [0.25, 0.3) is 0 Å². The van der Waals surface area contributed by atoms with Crippen molar-refractivity contribution >= 4 is 23.5 Å². The molecule has 8 nitrogen and oxygen atoms in total. The number of rotatable bonds is 6. The Bertz CT molecular complexity index is 886. The van der Waals surface area contributed by atoms with Crippen molar-refractivity contribution in [3.8, 4) is 0 Å². The van der Waals surface area contributed by atoms with Crippen molar-refractivity contribution in [2.45, 2.75) is 51.4 Å². The maximum Gasteiger partial charge on any atom is 0.312 e. The second-order valence-electron chi connectivity index (χ2n) is 8.37. The minimum Gasteiger partial charge on any atom is -0.466 e. The van der Waals surface area contributed by atoms with E-state index in [2.05, 4.69) is 5.32 Å². The first-order chi connectivity index (χ1) is 14.3. The first-order valence-corrected chi connectivity index (χ1v) is 10.5. The Balaban J connectivity index is 1.69. The number of β-amino-alcohol motifs (C(OH)–C–C–N with tert-alkyl or cyclic N) is 1. The number of aliphatic hydroxyl groups is 1. The minimum atomic E-state index is -1.07. The molecular formula is C22H28N2O6. The van der Waals surface area contributed by atoms with Crippen molar-refractivity contribution in [2.75, 3.05) is 25.1 Å². The van der Waals surface area contributed by atoms with E-state index in [-0.39, 0.29) is 31.6 Å². The van der Waals surface area contributed by atoms with Crippen LogP contribution < -0.4 is 5.32 Å². The van der Waals surface area contributed by atoms with E-state index in [9.17, 15) is 19.5 Å². The molecule has 0 radical (unpaired) electrons. The van der Waals surface area contributed by atoms with Crippen LogP contribution in [0, 0.1) is 25.7 Å². The average molecular weight is 416 g/mol. The van der Waals surface area contributed by atoms with Crippen LogP contribution in [-0.4, -0.2) is 65.3 Å². The van der Waals surface area contributed by atoms with E-state index in [1.54, 1.807) is 6.92 Å². The fourth-order valence-electron chi connectivity index (χ4n) is 5.38. The summed E-state index contributed by atoms with van der Waals surface area (Å²) in [5.74, 6) is -2.63. The Hall–Kier alpha value is -2.45. The molecule has 1 spiro atoms. The van der Waals surface area contributed by atoms with E-state index < -0.39 is 35.6 Å². The summed E-state index contributed by atoms with van der Waals surface area (Å²) in [5, 5.41) is 12.5. The number of esters is 1. The third-order valence-corrected chi connectivity index (χ3v) is 6.60. The molecule has 2 amide bonds. The number of benzene rings is 1. The van der Waals surface area contributed by atoms with Gasteiger partial charge in [0.2, 0.25) is 11.8 Å². The smallest absolute Gasteiger partial charge is 0.312 e. The van der Waals surface area contributed by atoms with Crippen molar-refractivity contribution in [1.82, 2.24) is 4.90 Å². The Kier molecular flexibility index (Phi) is 5.32. The van der Waals surface area contributed by atoms with Gasteiger partial charge in [0.15, 0.2) is 0 Å². The molecule has 4 rings (SSSR count). The predicted octanol–water partition coefficient (Wildman–Crippen LogP) is 1.17. The second kappa shape index (κ2) is 7.67. The van der Waals surface area contributed by atoms with Gasteiger partial charge in [-0.05, 0) is 50.8 Å². The molecule has 5 atom stereocenters. The summed E-state index contributed by atoms with van der Waals surface area (Å²) >= 11 is 0. The molecule has 3 aliphatic heterocycles. The van der Waals surface area contributed by atoms with Crippen molar-refractivity contribution < 1.29 is 29.0 Å². The Labute approximate surface area is 175 Å². The van der Waals surface area contributed by atoms with Gasteiger partial charge < -0.3 is 24.8 Å². The summed E-state index contributed by atoms with van der Waals surface area (Å²) in [4.78, 5) is 40.8. The van der Waals surface area contributed by atoms with Crippen molar-refractivity contribution in [3.63, 3.8) is 0 Å². The van der Waals surface area contributed by atoms with Crippen LogP contribution in [0.5, 0.6) is 0 Å². The van der Waals surface area contributed by atoms with E-state index in [1.807, 2.05) is 32.0 Å². The number of nitrogens with one attached hydrogen (secondary N) is 1. The number of carbonyl (C=O) groups excluding carboxylic acids is 3. The van der Waals surface area contributed by atoms with Crippen LogP contribution in [0.4, 0.5) is 5.69 Å². The summed E-state index contributed by atoms with van der Waals surface area (Å²) in [6.07, 6.45) is 0.676. The Morgan fingerprint density at radius 3 is 2.83 bits per heavy atom. The molecule has 1 aromatic carbocycles. The van der Waals surface area contributed by atoms with Gasteiger partial charge in [-0.1, -0.05) is 12.1 Å². The highest BCUT2D eigenvalue weighted by Gasteiger charge is 2.74. The summed E-state index contributed by atoms with van der Waals surface area (Å²) in [5.41, 5.74) is 1.51. The zero-order chi connectivity index (χ0) is 21.6. The molecule has 2 unspecified atom stereocenters. The third-order valence-electron chi connectivity index (χ3n) is 6.60. The average Bonchev–Trinajstić information content (AvgIpc) is 3.33. The number of carbonyl (C=O) groups is 3. The molecule has 3 fully saturated rings.